The van der Waals surface area contributed by atoms with Gasteiger partial charge in [-0.15, -0.1) is 0 Å². The van der Waals surface area contributed by atoms with Crippen LogP contribution < -0.4 is 10.5 Å². The number of nitrogens with one attached hydrogen (secondary N) is 1. The highest BCUT2D eigenvalue weighted by Gasteiger charge is 2.22. The van der Waals surface area contributed by atoms with Crippen LogP contribution in [0.3, 0.4) is 0 Å². The Morgan fingerprint density at radius 1 is 1.20 bits per heavy atom. The molecule has 30 heavy (non-hydrogen) atoms. The molecule has 0 fully saturated rings. The maximum Gasteiger partial charge on any atom is 0.240 e. The second kappa shape index (κ2) is 7.74. The van der Waals surface area contributed by atoms with E-state index in [-0.39, 0.29) is 17.3 Å². The van der Waals surface area contributed by atoms with E-state index in [9.17, 15) is 13.5 Å². The smallest absolute Gasteiger partial charge is 0.240 e. The van der Waals surface area contributed by atoms with Gasteiger partial charge in [0.1, 0.15) is 11.4 Å². The zero-order chi connectivity index (χ0) is 22.3. The Labute approximate surface area is 175 Å². The van der Waals surface area contributed by atoms with Gasteiger partial charge in [-0.1, -0.05) is 6.07 Å². The molecule has 0 radical (unpaired) electrons. The molecule has 0 bridgehead atoms. The van der Waals surface area contributed by atoms with E-state index in [1.165, 1.54) is 37.0 Å². The van der Waals surface area contributed by atoms with E-state index in [0.717, 1.165) is 5.56 Å². The van der Waals surface area contributed by atoms with Crippen molar-refractivity contribution >= 4 is 15.8 Å². The Morgan fingerprint density at radius 3 is 2.50 bits per heavy atom. The number of sulfonamides is 1. The van der Waals surface area contributed by atoms with Gasteiger partial charge in [0, 0.05) is 19.2 Å². The van der Waals surface area contributed by atoms with Gasteiger partial charge in [0.15, 0.2) is 5.82 Å². The van der Waals surface area contributed by atoms with Gasteiger partial charge in [-0.05, 0) is 45.4 Å². The van der Waals surface area contributed by atoms with E-state index in [1.54, 1.807) is 20.0 Å². The average Bonchev–Trinajstić information content (AvgIpc) is 2.98. The molecule has 11 heteroatoms. The van der Waals surface area contributed by atoms with Crippen molar-refractivity contribution in [2.75, 3.05) is 12.3 Å². The molecule has 1 aromatic carbocycles. The number of aliphatic hydroxyl groups is 1. The summed E-state index contributed by atoms with van der Waals surface area (Å²) in [6.45, 7) is 6.58. The predicted octanol–water partition coefficient (Wildman–Crippen LogP) is 1.19. The minimum absolute atomic E-state index is 0.0585. The van der Waals surface area contributed by atoms with Crippen molar-refractivity contribution in [1.29, 1.82) is 0 Å². The minimum Gasteiger partial charge on any atom is -0.389 e. The van der Waals surface area contributed by atoms with Crippen molar-refractivity contribution in [2.24, 2.45) is 7.05 Å². The van der Waals surface area contributed by atoms with E-state index in [4.69, 9.17) is 5.73 Å². The Bertz CT molecular complexity index is 1200. The summed E-state index contributed by atoms with van der Waals surface area (Å²) in [4.78, 5) is 10.3. The van der Waals surface area contributed by atoms with E-state index in [1.807, 2.05) is 6.92 Å². The number of anilines is 1. The molecule has 0 amide bonds. The number of aromatic nitrogens is 5. The van der Waals surface area contributed by atoms with Crippen LogP contribution in [0.4, 0.5) is 5.82 Å². The number of rotatable bonds is 6. The molecule has 0 atom stereocenters. The van der Waals surface area contributed by atoms with Gasteiger partial charge < -0.3 is 10.8 Å². The molecule has 160 valence electrons. The summed E-state index contributed by atoms with van der Waals surface area (Å²) in [6, 6.07) is 4.72. The molecule has 0 aliphatic heterocycles. The van der Waals surface area contributed by atoms with Gasteiger partial charge in [0.05, 0.1) is 28.1 Å². The molecule has 0 aliphatic carbocycles. The van der Waals surface area contributed by atoms with E-state index < -0.39 is 15.6 Å². The SMILES string of the molecule is Cc1ccc(S(=O)(=O)NCC(C)(C)O)cc1-c1cnc(N)c(-c2nn(C)nc2C)n1. The molecular formula is C19H25N7O3S. The van der Waals surface area contributed by atoms with Gasteiger partial charge in [0.25, 0.3) is 0 Å². The summed E-state index contributed by atoms with van der Waals surface area (Å²) in [5, 5.41) is 18.3. The molecule has 3 aromatic rings. The Morgan fingerprint density at radius 2 is 1.90 bits per heavy atom. The molecule has 10 nitrogen and oxygen atoms in total. The van der Waals surface area contributed by atoms with Crippen molar-refractivity contribution < 1.29 is 13.5 Å². The zero-order valence-corrected chi connectivity index (χ0v) is 18.3. The quantitative estimate of drug-likeness (QED) is 0.527. The van der Waals surface area contributed by atoms with E-state index >= 15 is 0 Å². The van der Waals surface area contributed by atoms with Crippen LogP contribution in [0.25, 0.3) is 22.6 Å². The largest absolute Gasteiger partial charge is 0.389 e. The fraction of sp³-hybridized carbons (Fsp3) is 0.368. The second-order valence-electron chi connectivity index (χ2n) is 7.73. The van der Waals surface area contributed by atoms with Crippen LogP contribution in [0.5, 0.6) is 0 Å². The van der Waals surface area contributed by atoms with Crippen molar-refractivity contribution in [2.45, 2.75) is 38.2 Å². The van der Waals surface area contributed by atoms with Crippen LogP contribution >= 0.6 is 0 Å². The fourth-order valence-corrected chi connectivity index (χ4v) is 4.05. The third kappa shape index (κ3) is 4.64. The van der Waals surface area contributed by atoms with Crippen LogP contribution in [0, 0.1) is 13.8 Å². The number of hydrogen-bond donors (Lipinski definition) is 3. The lowest BCUT2D eigenvalue weighted by atomic mass is 10.1. The molecule has 0 spiro atoms. The molecule has 0 saturated heterocycles. The maximum absolute atomic E-state index is 12.7. The number of nitrogens with two attached hydrogens (primary N) is 1. The van der Waals surface area contributed by atoms with Crippen molar-refractivity contribution in [3.63, 3.8) is 0 Å². The molecular weight excluding hydrogens is 406 g/mol. The van der Waals surface area contributed by atoms with Crippen molar-refractivity contribution in [3.05, 3.63) is 35.7 Å². The Hall–Kier alpha value is -2.89. The molecule has 0 saturated carbocycles. The lowest BCUT2D eigenvalue weighted by Gasteiger charge is -2.18. The molecule has 2 aromatic heterocycles. The van der Waals surface area contributed by atoms with Gasteiger partial charge in [0.2, 0.25) is 10.0 Å². The lowest BCUT2D eigenvalue weighted by Crippen LogP contribution is -2.38. The monoisotopic (exact) mass is 431 g/mol. The highest BCUT2D eigenvalue weighted by Crippen LogP contribution is 2.29. The number of nitrogen functional groups attached to an aromatic ring is 1. The Kier molecular flexibility index (Phi) is 5.63. The third-order valence-electron chi connectivity index (χ3n) is 4.40. The number of hydrogen-bond acceptors (Lipinski definition) is 8. The summed E-state index contributed by atoms with van der Waals surface area (Å²) in [7, 11) is -2.13. The second-order valence-corrected chi connectivity index (χ2v) is 9.49. The van der Waals surface area contributed by atoms with Gasteiger partial charge in [-0.3, -0.25) is 0 Å². The van der Waals surface area contributed by atoms with Crippen molar-refractivity contribution in [3.8, 4) is 22.6 Å². The summed E-state index contributed by atoms with van der Waals surface area (Å²) >= 11 is 0. The highest BCUT2D eigenvalue weighted by molar-refractivity contribution is 7.89. The third-order valence-corrected chi connectivity index (χ3v) is 5.80. The first-order valence-corrected chi connectivity index (χ1v) is 10.7. The maximum atomic E-state index is 12.7. The van der Waals surface area contributed by atoms with Gasteiger partial charge >= 0.3 is 0 Å². The first kappa shape index (κ1) is 21.8. The summed E-state index contributed by atoms with van der Waals surface area (Å²) in [5.41, 5.74) is 8.26. The average molecular weight is 432 g/mol. The topological polar surface area (TPSA) is 149 Å². The summed E-state index contributed by atoms with van der Waals surface area (Å²) in [5.74, 6) is 0.204. The number of benzene rings is 1. The molecule has 2 heterocycles. The minimum atomic E-state index is -3.82. The first-order chi connectivity index (χ1) is 13.9. The summed E-state index contributed by atoms with van der Waals surface area (Å²) < 4.78 is 27.7. The summed E-state index contributed by atoms with van der Waals surface area (Å²) in [6.07, 6.45) is 1.49. The van der Waals surface area contributed by atoms with Gasteiger partial charge in [-0.2, -0.15) is 15.0 Å². The van der Waals surface area contributed by atoms with Crippen LogP contribution in [-0.2, 0) is 17.1 Å². The molecule has 0 unspecified atom stereocenters. The molecule has 0 aliphatic rings. The standard InChI is InChI=1S/C19H25N7O3S/c1-11-6-7-13(30(28,29)22-10-19(3,4)27)8-14(11)15-9-21-18(20)17(23-15)16-12(2)24-26(5)25-16/h6-9,22,27H,10H2,1-5H3,(H2,20,21). The van der Waals surface area contributed by atoms with Crippen molar-refractivity contribution in [1.82, 2.24) is 29.7 Å². The van der Waals surface area contributed by atoms with Crippen LogP contribution in [0.15, 0.2) is 29.3 Å². The van der Waals surface area contributed by atoms with E-state index in [2.05, 4.69) is 24.9 Å². The lowest BCUT2D eigenvalue weighted by molar-refractivity contribution is 0.0857. The van der Waals surface area contributed by atoms with Crippen LogP contribution in [0.1, 0.15) is 25.1 Å². The molecule has 3 rings (SSSR count). The fourth-order valence-electron chi connectivity index (χ4n) is 2.82. The van der Waals surface area contributed by atoms with Crippen LogP contribution in [0.2, 0.25) is 0 Å². The highest BCUT2D eigenvalue weighted by atomic mass is 32.2. The number of nitrogens with zero attached hydrogens (tertiary/aromatic N) is 5. The predicted molar refractivity (Wildman–Crippen MR) is 113 cm³/mol. The van der Waals surface area contributed by atoms with Crippen LogP contribution in [-0.4, -0.2) is 50.6 Å². The van der Waals surface area contributed by atoms with Gasteiger partial charge in [-0.25, -0.2) is 23.1 Å². The van der Waals surface area contributed by atoms with E-state index in [0.29, 0.717) is 28.3 Å². The number of aryl methyl sites for hydroxylation is 3. The Balaban J connectivity index is 2.06. The zero-order valence-electron chi connectivity index (χ0n) is 17.5. The first-order valence-electron chi connectivity index (χ1n) is 9.21. The molecule has 4 N–H and O–H groups in total. The normalized spacial score (nSPS) is 12.3.